The number of hydrogen-bond donors (Lipinski definition) is 0. The predicted octanol–water partition coefficient (Wildman–Crippen LogP) is 11.0. The lowest BCUT2D eigenvalue weighted by Gasteiger charge is -2.45. The predicted molar refractivity (Wildman–Crippen MR) is 260 cm³/mol. The van der Waals surface area contributed by atoms with E-state index in [0.29, 0.717) is 11.1 Å². The summed E-state index contributed by atoms with van der Waals surface area (Å²) >= 11 is 0. The number of para-hydroxylation sites is 4. The molecule has 0 saturated heterocycles. The summed E-state index contributed by atoms with van der Waals surface area (Å²) in [4.78, 5) is 12.4. The molecule has 8 aromatic carbocycles. The van der Waals surface area contributed by atoms with Gasteiger partial charge in [-0.2, -0.15) is 0 Å². The van der Waals surface area contributed by atoms with E-state index in [1.54, 1.807) is 0 Å². The fourth-order valence-corrected chi connectivity index (χ4v) is 15.3. The van der Waals surface area contributed by atoms with Crippen LogP contribution in [-0.2, 0) is 7.05 Å². The maximum absolute atomic E-state index is 17.1. The number of aryl methyl sites for hydroxylation is 1. The Morgan fingerprint density at radius 3 is 1.92 bits per heavy atom. The van der Waals surface area contributed by atoms with Gasteiger partial charge in [0.1, 0.15) is 11.5 Å². The highest BCUT2D eigenvalue weighted by Gasteiger charge is 2.49. The van der Waals surface area contributed by atoms with Crippen LogP contribution in [0.25, 0.3) is 50.0 Å². The van der Waals surface area contributed by atoms with E-state index < -0.39 is 14.2 Å². The molecule has 300 valence electrons. The second-order valence-corrected chi connectivity index (χ2v) is 20.1. The second kappa shape index (κ2) is 14.6. The molecule has 11 aromatic rings. The number of imidazole rings is 1. The van der Waals surface area contributed by atoms with Gasteiger partial charge in [-0.3, -0.25) is 4.57 Å². The summed E-state index contributed by atoms with van der Waals surface area (Å²) in [5.74, 6) is 0.803. The fraction of sp³-hybridized carbons (Fsp3) is 0.0357. The molecule has 0 N–H and O–H groups in total. The van der Waals surface area contributed by atoms with E-state index in [2.05, 4.69) is 160 Å². The molecule has 1 aliphatic rings. The van der Waals surface area contributed by atoms with Gasteiger partial charge >= 0.3 is 0 Å². The van der Waals surface area contributed by atoms with Crippen molar-refractivity contribution in [3.8, 4) is 17.1 Å². The van der Waals surface area contributed by atoms with E-state index in [-0.39, 0.29) is 0 Å². The van der Waals surface area contributed by atoms with Crippen LogP contribution < -0.4 is 25.6 Å². The largest absolute Gasteiger partial charge is 0.327 e. The SMILES string of the molecule is Cn1c(-c2cccc(C(F)c3cccc(-n4c5cc6c(cc5c5cccnc54)N(c4ccccc4)c4ccccc4[Si]6(c4ccccc4)c4ccccc4)c3)c2)nc2ccccc21. The Bertz CT molecular complexity index is 3470. The molecule has 0 saturated carbocycles. The summed E-state index contributed by atoms with van der Waals surface area (Å²) in [6.45, 7) is 0. The van der Waals surface area contributed by atoms with Crippen molar-refractivity contribution in [1.29, 1.82) is 0 Å². The summed E-state index contributed by atoms with van der Waals surface area (Å²) < 4.78 is 21.4. The molecule has 0 bridgehead atoms. The molecule has 12 rings (SSSR count). The van der Waals surface area contributed by atoms with Crippen LogP contribution in [0.2, 0.25) is 0 Å². The summed E-state index contributed by atoms with van der Waals surface area (Å²) in [6, 6.07) is 74.5. The number of hydrogen-bond acceptors (Lipinski definition) is 3. The lowest BCUT2D eigenvalue weighted by atomic mass is 10.00. The van der Waals surface area contributed by atoms with Crippen LogP contribution in [0.5, 0.6) is 0 Å². The highest BCUT2D eigenvalue weighted by Crippen LogP contribution is 2.42. The Balaban J connectivity index is 1.09. The molecule has 0 amide bonds. The number of pyridine rings is 1. The van der Waals surface area contributed by atoms with E-state index in [9.17, 15) is 0 Å². The monoisotopic (exact) mass is 829 g/mol. The third-order valence-corrected chi connectivity index (χ3v) is 17.7. The molecule has 1 aliphatic heterocycles. The molecule has 5 nitrogen and oxygen atoms in total. The molecule has 63 heavy (non-hydrogen) atoms. The molecular weight excluding hydrogens is 790 g/mol. The van der Waals surface area contributed by atoms with Gasteiger partial charge in [-0.15, -0.1) is 0 Å². The molecule has 1 unspecified atom stereocenters. The average Bonchev–Trinajstić information content (AvgIpc) is 3.87. The first kappa shape index (κ1) is 36.9. The zero-order chi connectivity index (χ0) is 42.1. The Labute approximate surface area is 365 Å². The summed E-state index contributed by atoms with van der Waals surface area (Å²) in [5, 5.41) is 7.32. The molecule has 3 aromatic heterocycles. The zero-order valence-corrected chi connectivity index (χ0v) is 35.5. The number of halogens is 1. The van der Waals surface area contributed by atoms with Crippen LogP contribution in [-0.4, -0.2) is 27.2 Å². The normalized spacial score (nSPS) is 13.6. The molecular formula is C56H40FN5Si. The standard InChI is InChI=1S/C56H40FN5Si/c1-60-48-30-12-11-29-47(48)59-55(60)40-20-15-18-38(34-40)54(57)39-19-16-23-42(35-39)62-50-37-53-51(36-46(50)45-28-17-33-58-56(45)62)61(41-21-5-2-6-22-41)49-31-13-14-32-52(49)63(53,43-24-7-3-8-25-43)44-26-9-4-10-27-44/h2-37,54H,1H3. The van der Waals surface area contributed by atoms with Crippen molar-refractivity contribution >= 4 is 78.9 Å². The molecule has 0 spiro atoms. The van der Waals surface area contributed by atoms with E-state index in [0.717, 1.165) is 61.4 Å². The number of benzene rings is 8. The van der Waals surface area contributed by atoms with Gasteiger partial charge in [0.2, 0.25) is 0 Å². The molecule has 7 heteroatoms. The van der Waals surface area contributed by atoms with Crippen LogP contribution >= 0.6 is 0 Å². The van der Waals surface area contributed by atoms with E-state index in [4.69, 9.17) is 9.97 Å². The highest BCUT2D eigenvalue weighted by molar-refractivity contribution is 7.21. The maximum atomic E-state index is 17.1. The lowest BCUT2D eigenvalue weighted by molar-refractivity contribution is 0.402. The second-order valence-electron chi connectivity index (χ2n) is 16.3. The maximum Gasteiger partial charge on any atom is 0.184 e. The van der Waals surface area contributed by atoms with Gasteiger partial charge in [0.15, 0.2) is 14.2 Å². The van der Waals surface area contributed by atoms with Crippen LogP contribution in [0.4, 0.5) is 21.5 Å². The first-order chi connectivity index (χ1) is 31.1. The van der Waals surface area contributed by atoms with Crippen molar-refractivity contribution in [2.75, 3.05) is 4.90 Å². The van der Waals surface area contributed by atoms with Crippen molar-refractivity contribution in [1.82, 2.24) is 19.1 Å². The minimum absolute atomic E-state index is 0.569. The molecule has 0 aliphatic carbocycles. The van der Waals surface area contributed by atoms with Gasteiger partial charge in [-0.1, -0.05) is 140 Å². The van der Waals surface area contributed by atoms with E-state index in [1.807, 2.05) is 80.0 Å². The molecule has 0 fully saturated rings. The lowest BCUT2D eigenvalue weighted by Crippen LogP contribution is -2.77. The number of anilines is 3. The van der Waals surface area contributed by atoms with E-state index in [1.165, 1.54) is 26.4 Å². The van der Waals surface area contributed by atoms with E-state index >= 15 is 4.39 Å². The Morgan fingerprint density at radius 2 is 1.16 bits per heavy atom. The van der Waals surface area contributed by atoms with Crippen LogP contribution in [0.3, 0.4) is 0 Å². The Morgan fingerprint density at radius 1 is 0.508 bits per heavy atom. The molecule has 0 radical (unpaired) electrons. The van der Waals surface area contributed by atoms with Gasteiger partial charge in [0.05, 0.1) is 16.6 Å². The Hall–Kier alpha value is -7.87. The minimum atomic E-state index is -3.00. The smallest absolute Gasteiger partial charge is 0.184 e. The topological polar surface area (TPSA) is 38.9 Å². The number of rotatable bonds is 7. The van der Waals surface area contributed by atoms with Crippen LogP contribution in [0.1, 0.15) is 17.3 Å². The number of aromatic nitrogens is 4. The van der Waals surface area contributed by atoms with Crippen molar-refractivity contribution in [3.63, 3.8) is 0 Å². The van der Waals surface area contributed by atoms with Crippen molar-refractivity contribution in [2.45, 2.75) is 6.17 Å². The third-order valence-electron chi connectivity index (χ3n) is 12.9. The van der Waals surface area contributed by atoms with Crippen LogP contribution in [0.15, 0.2) is 219 Å². The summed E-state index contributed by atoms with van der Waals surface area (Å²) in [6.07, 6.45) is 0.478. The fourth-order valence-electron chi connectivity index (χ4n) is 10.2. The average molecular weight is 830 g/mol. The van der Waals surface area contributed by atoms with Crippen molar-refractivity contribution in [2.24, 2.45) is 7.05 Å². The minimum Gasteiger partial charge on any atom is -0.327 e. The van der Waals surface area contributed by atoms with Gasteiger partial charge in [-0.25, -0.2) is 14.4 Å². The number of alkyl halides is 1. The van der Waals surface area contributed by atoms with Crippen molar-refractivity contribution < 1.29 is 4.39 Å². The van der Waals surface area contributed by atoms with Gasteiger partial charge < -0.3 is 9.47 Å². The first-order valence-corrected chi connectivity index (χ1v) is 23.4. The highest BCUT2D eigenvalue weighted by atomic mass is 28.3. The summed E-state index contributed by atoms with van der Waals surface area (Å²) in [7, 11) is -0.996. The molecule has 1 atom stereocenters. The summed E-state index contributed by atoms with van der Waals surface area (Å²) in [5.41, 5.74) is 10.1. The first-order valence-electron chi connectivity index (χ1n) is 21.4. The van der Waals surface area contributed by atoms with Gasteiger partial charge in [0.25, 0.3) is 0 Å². The van der Waals surface area contributed by atoms with Crippen molar-refractivity contribution in [3.05, 3.63) is 230 Å². The number of fused-ring (bicyclic) bond motifs is 6. The van der Waals surface area contributed by atoms with Gasteiger partial charge in [0, 0.05) is 52.3 Å². The quantitative estimate of drug-likeness (QED) is 0.150. The Kier molecular flexibility index (Phi) is 8.59. The van der Waals surface area contributed by atoms with Crippen LogP contribution in [0, 0.1) is 0 Å². The third kappa shape index (κ3) is 5.67. The zero-order valence-electron chi connectivity index (χ0n) is 34.5. The molecule has 4 heterocycles. The number of nitrogens with zero attached hydrogens (tertiary/aromatic N) is 5. The van der Waals surface area contributed by atoms with Gasteiger partial charge in [-0.05, 0) is 105 Å².